The van der Waals surface area contributed by atoms with Gasteiger partial charge >= 0.3 is 0 Å². The van der Waals surface area contributed by atoms with E-state index in [1.165, 1.54) is 236 Å². The normalized spacial score (nSPS) is 11.5. The van der Waals surface area contributed by atoms with Crippen molar-refractivity contribution in [2.75, 3.05) is 19.0 Å². The summed E-state index contributed by atoms with van der Waals surface area (Å²) in [4.78, 5) is 14.3. The van der Waals surface area contributed by atoms with Crippen LogP contribution in [0.3, 0.4) is 0 Å². The van der Waals surface area contributed by atoms with E-state index in [9.17, 15) is 4.79 Å². The Morgan fingerprint density at radius 3 is 1.03 bits per heavy atom. The molecule has 0 N–H and O–H groups in total. The number of benzene rings is 2. The van der Waals surface area contributed by atoms with E-state index in [1.807, 2.05) is 48.2 Å². The fourth-order valence-corrected chi connectivity index (χ4v) is 9.57. The van der Waals surface area contributed by atoms with Crippen LogP contribution in [-0.2, 0) is 0 Å². The molecule has 3 nitrogen and oxygen atoms in total. The number of allylic oxidation sites excluding steroid dienone is 1. The van der Waals surface area contributed by atoms with Crippen LogP contribution in [0.1, 0.15) is 287 Å². The summed E-state index contributed by atoms with van der Waals surface area (Å²) in [6.07, 6.45) is 57.3. The highest BCUT2D eigenvalue weighted by molar-refractivity contribution is 7.99. The van der Waals surface area contributed by atoms with E-state index in [1.54, 1.807) is 6.08 Å². The van der Waals surface area contributed by atoms with Crippen molar-refractivity contribution in [1.29, 1.82) is 0 Å². The Balaban J connectivity index is 1.63. The third-order valence-corrected chi connectivity index (χ3v) is 14.2. The van der Waals surface area contributed by atoms with E-state index in [0.717, 1.165) is 47.6 Å². The SMILES string of the molecule is CCCCCCCCCCCCCCCCCCCCCOc1cc(/C=C/C(=O)c2ccc(SCCC)cc2)cc(OCCCCCCCCCCCCCCCCCCCCC)c1. The van der Waals surface area contributed by atoms with Crippen LogP contribution >= 0.6 is 11.8 Å². The summed E-state index contributed by atoms with van der Waals surface area (Å²) in [5, 5.41) is 0. The maximum absolute atomic E-state index is 13.1. The highest BCUT2D eigenvalue weighted by Crippen LogP contribution is 2.26. The number of rotatable bonds is 48. The number of thioether (sulfide) groups is 1. The quantitative estimate of drug-likeness (QED) is 0.0287. The van der Waals surface area contributed by atoms with Crippen LogP contribution in [0.15, 0.2) is 53.4 Å². The maximum Gasteiger partial charge on any atom is 0.185 e. The van der Waals surface area contributed by atoms with Crippen molar-refractivity contribution in [2.45, 2.75) is 276 Å². The second-order valence-corrected chi connectivity index (χ2v) is 20.4. The summed E-state index contributed by atoms with van der Waals surface area (Å²) >= 11 is 1.84. The summed E-state index contributed by atoms with van der Waals surface area (Å²) in [7, 11) is 0. The third kappa shape index (κ3) is 35.1. The molecule has 366 valence electrons. The van der Waals surface area contributed by atoms with Gasteiger partial charge in [0.1, 0.15) is 11.5 Å². The first-order chi connectivity index (χ1) is 31.7. The molecular weight excluding hydrogens is 801 g/mol. The molecule has 0 bridgehead atoms. The van der Waals surface area contributed by atoms with E-state index < -0.39 is 0 Å². The van der Waals surface area contributed by atoms with Gasteiger partial charge in [-0.1, -0.05) is 258 Å². The molecule has 2 rings (SSSR count). The number of hydrogen-bond acceptors (Lipinski definition) is 4. The summed E-state index contributed by atoms with van der Waals surface area (Å²) < 4.78 is 12.6. The Kier molecular flexibility index (Phi) is 40.4. The number of carbonyl (C=O) groups excluding carboxylic acids is 1. The first kappa shape index (κ1) is 57.9. The fourth-order valence-electron chi connectivity index (χ4n) is 8.80. The number of carbonyl (C=O) groups is 1. The van der Waals surface area contributed by atoms with E-state index in [4.69, 9.17) is 9.47 Å². The van der Waals surface area contributed by atoms with Crippen molar-refractivity contribution in [2.24, 2.45) is 0 Å². The van der Waals surface area contributed by atoms with Crippen LogP contribution in [0.2, 0.25) is 0 Å². The van der Waals surface area contributed by atoms with Crippen molar-refractivity contribution < 1.29 is 14.3 Å². The number of ketones is 1. The van der Waals surface area contributed by atoms with Gasteiger partial charge in [0.25, 0.3) is 0 Å². The van der Waals surface area contributed by atoms with E-state index in [2.05, 4.69) is 32.9 Å². The molecule has 0 amide bonds. The minimum absolute atomic E-state index is 0.0176. The minimum Gasteiger partial charge on any atom is -0.493 e. The monoisotopic (exact) mass is 903 g/mol. The zero-order valence-corrected chi connectivity index (χ0v) is 43.3. The highest BCUT2D eigenvalue weighted by atomic mass is 32.2. The molecule has 0 aliphatic rings. The van der Waals surface area contributed by atoms with Crippen LogP contribution in [0.4, 0.5) is 0 Å². The van der Waals surface area contributed by atoms with Crippen LogP contribution in [0.25, 0.3) is 6.08 Å². The van der Waals surface area contributed by atoms with Crippen LogP contribution < -0.4 is 9.47 Å². The maximum atomic E-state index is 13.1. The van der Waals surface area contributed by atoms with Gasteiger partial charge in [0.15, 0.2) is 5.78 Å². The predicted molar refractivity (Wildman–Crippen MR) is 285 cm³/mol. The largest absolute Gasteiger partial charge is 0.493 e. The minimum atomic E-state index is 0.0176. The van der Waals surface area contributed by atoms with Crippen molar-refractivity contribution >= 4 is 23.6 Å². The molecule has 0 fully saturated rings. The lowest BCUT2D eigenvalue weighted by Crippen LogP contribution is -2.01. The Morgan fingerprint density at radius 2 is 0.719 bits per heavy atom. The van der Waals surface area contributed by atoms with Gasteiger partial charge < -0.3 is 9.47 Å². The average molecular weight is 904 g/mol. The molecule has 0 unspecified atom stereocenters. The second kappa shape index (κ2) is 44.6. The summed E-state index contributed by atoms with van der Waals surface area (Å²) in [6.45, 7) is 8.22. The molecule has 0 radical (unpaired) electrons. The first-order valence-electron chi connectivity index (χ1n) is 28.0. The zero-order chi connectivity index (χ0) is 45.6. The molecule has 0 atom stereocenters. The Hall–Kier alpha value is -2.20. The second-order valence-electron chi connectivity index (χ2n) is 19.2. The molecule has 2 aromatic carbocycles. The summed E-state index contributed by atoms with van der Waals surface area (Å²) in [5.41, 5.74) is 1.66. The lowest BCUT2D eigenvalue weighted by Gasteiger charge is -2.12. The molecule has 0 aliphatic carbocycles. The van der Waals surface area contributed by atoms with Crippen LogP contribution in [-0.4, -0.2) is 24.7 Å². The van der Waals surface area contributed by atoms with Crippen molar-refractivity contribution in [1.82, 2.24) is 0 Å². The molecular formula is C60H102O3S. The smallest absolute Gasteiger partial charge is 0.185 e. The van der Waals surface area contributed by atoms with E-state index >= 15 is 0 Å². The van der Waals surface area contributed by atoms with E-state index in [0.29, 0.717) is 13.2 Å². The Labute approximate surface area is 402 Å². The van der Waals surface area contributed by atoms with Gasteiger partial charge in [-0.15, -0.1) is 11.8 Å². The zero-order valence-electron chi connectivity index (χ0n) is 42.5. The number of hydrogen-bond donors (Lipinski definition) is 0. The summed E-state index contributed by atoms with van der Waals surface area (Å²) in [5.74, 6) is 2.77. The molecule has 0 saturated carbocycles. The van der Waals surface area contributed by atoms with Crippen molar-refractivity contribution in [3.05, 3.63) is 59.7 Å². The predicted octanol–water partition coefficient (Wildman–Crippen LogP) is 20.7. The van der Waals surface area contributed by atoms with Gasteiger partial charge in [0, 0.05) is 16.5 Å². The van der Waals surface area contributed by atoms with Gasteiger partial charge in [-0.25, -0.2) is 0 Å². The fraction of sp³-hybridized carbons (Fsp3) is 0.750. The molecule has 0 aliphatic heterocycles. The van der Waals surface area contributed by atoms with Gasteiger partial charge in [-0.05, 0) is 73.1 Å². The topological polar surface area (TPSA) is 35.5 Å². The molecule has 64 heavy (non-hydrogen) atoms. The lowest BCUT2D eigenvalue weighted by molar-refractivity contribution is 0.104. The molecule has 0 spiro atoms. The van der Waals surface area contributed by atoms with Crippen LogP contribution in [0, 0.1) is 0 Å². The Morgan fingerprint density at radius 1 is 0.406 bits per heavy atom. The van der Waals surface area contributed by atoms with Gasteiger partial charge in [0.2, 0.25) is 0 Å². The lowest BCUT2D eigenvalue weighted by atomic mass is 10.0. The molecule has 0 heterocycles. The van der Waals surface area contributed by atoms with E-state index in [-0.39, 0.29) is 5.78 Å². The molecule has 0 saturated heterocycles. The molecule has 2 aromatic rings. The van der Waals surface area contributed by atoms with Gasteiger partial charge in [-0.3, -0.25) is 4.79 Å². The average Bonchev–Trinajstić information content (AvgIpc) is 3.31. The molecule has 4 heteroatoms. The third-order valence-electron chi connectivity index (χ3n) is 13.0. The number of ether oxygens (including phenoxy) is 2. The highest BCUT2D eigenvalue weighted by Gasteiger charge is 2.07. The summed E-state index contributed by atoms with van der Waals surface area (Å²) in [6, 6.07) is 14.1. The van der Waals surface area contributed by atoms with Gasteiger partial charge in [-0.2, -0.15) is 0 Å². The standard InChI is InChI=1S/C60H102O3S/c1-4-7-9-11-13-15-17-19-21-23-25-27-29-31-33-35-37-39-41-49-62-57-52-55(43-48-60(61)56-44-46-59(47-45-56)64-51-6-3)53-58(54-57)63-50-42-40-38-36-34-32-30-28-26-24-22-20-18-16-14-12-10-8-5-2/h43-48,52-54H,4-42,49-51H2,1-3H3/b48-43+. The molecule has 0 aromatic heterocycles. The van der Waals surface area contributed by atoms with Crippen molar-refractivity contribution in [3.8, 4) is 11.5 Å². The Bertz CT molecular complexity index is 1270. The van der Waals surface area contributed by atoms with Gasteiger partial charge in [0.05, 0.1) is 13.2 Å². The first-order valence-corrected chi connectivity index (χ1v) is 29.0. The van der Waals surface area contributed by atoms with Crippen LogP contribution in [0.5, 0.6) is 11.5 Å². The van der Waals surface area contributed by atoms with Crippen molar-refractivity contribution in [3.63, 3.8) is 0 Å². The number of unbranched alkanes of at least 4 members (excludes halogenated alkanes) is 36.